The molecule has 1 fully saturated rings. The highest BCUT2D eigenvalue weighted by molar-refractivity contribution is 5.27. The third-order valence-corrected chi connectivity index (χ3v) is 6.37. The SMILES string of the molecule is CCCCCCc1nc2c(nc1OCCN1CCN(CCCC)CC1)CCCC2. The molecule has 0 N–H and O–H groups in total. The van der Waals surface area contributed by atoms with Gasteiger partial charge in [-0.05, 0) is 51.5 Å². The third kappa shape index (κ3) is 7.21. The van der Waals surface area contributed by atoms with Crippen LogP contribution in [-0.2, 0) is 19.3 Å². The molecule has 1 saturated heterocycles. The maximum Gasteiger partial charge on any atom is 0.235 e. The van der Waals surface area contributed by atoms with E-state index in [2.05, 4.69) is 23.6 Å². The van der Waals surface area contributed by atoms with Crippen LogP contribution in [0.1, 0.15) is 82.3 Å². The summed E-state index contributed by atoms with van der Waals surface area (Å²) in [6.45, 7) is 12.2. The first-order valence-corrected chi connectivity index (χ1v) is 12.3. The topological polar surface area (TPSA) is 41.5 Å². The summed E-state index contributed by atoms with van der Waals surface area (Å²) in [5.41, 5.74) is 3.52. The molecule has 2 heterocycles. The average Bonchev–Trinajstić information content (AvgIpc) is 2.76. The highest BCUT2D eigenvalue weighted by Crippen LogP contribution is 2.24. The zero-order valence-electron chi connectivity index (χ0n) is 18.9. The summed E-state index contributed by atoms with van der Waals surface area (Å²) in [5, 5.41) is 0. The molecule has 2 aliphatic rings. The number of hydrogen-bond donors (Lipinski definition) is 0. The Balaban J connectivity index is 1.49. The minimum absolute atomic E-state index is 0.727. The smallest absolute Gasteiger partial charge is 0.235 e. The number of aromatic nitrogens is 2. The number of fused-ring (bicyclic) bond motifs is 1. The van der Waals surface area contributed by atoms with Crippen LogP contribution in [0.5, 0.6) is 5.88 Å². The molecule has 1 aliphatic carbocycles. The minimum atomic E-state index is 0.727. The molecule has 1 aliphatic heterocycles. The van der Waals surface area contributed by atoms with Gasteiger partial charge in [-0.2, -0.15) is 0 Å². The van der Waals surface area contributed by atoms with Crippen molar-refractivity contribution in [2.45, 2.75) is 84.5 Å². The molecule has 1 aromatic heterocycles. The molecule has 5 nitrogen and oxygen atoms in total. The Labute approximate surface area is 178 Å². The summed E-state index contributed by atoms with van der Waals surface area (Å²) in [4.78, 5) is 15.1. The summed E-state index contributed by atoms with van der Waals surface area (Å²) in [5.74, 6) is 0.823. The van der Waals surface area contributed by atoms with E-state index in [1.807, 2.05) is 0 Å². The second-order valence-corrected chi connectivity index (χ2v) is 8.77. The van der Waals surface area contributed by atoms with Gasteiger partial charge in [0.1, 0.15) is 12.3 Å². The van der Waals surface area contributed by atoms with E-state index in [-0.39, 0.29) is 0 Å². The van der Waals surface area contributed by atoms with Crippen molar-refractivity contribution in [3.8, 4) is 5.88 Å². The van der Waals surface area contributed by atoms with Crippen molar-refractivity contribution in [2.75, 3.05) is 45.9 Å². The van der Waals surface area contributed by atoms with Crippen LogP contribution >= 0.6 is 0 Å². The van der Waals surface area contributed by atoms with Crippen LogP contribution in [0.3, 0.4) is 0 Å². The van der Waals surface area contributed by atoms with Crippen LogP contribution in [0, 0.1) is 0 Å². The maximum atomic E-state index is 6.23. The second kappa shape index (κ2) is 12.5. The monoisotopic (exact) mass is 402 g/mol. The van der Waals surface area contributed by atoms with Gasteiger partial charge in [0, 0.05) is 32.7 Å². The number of piperazine rings is 1. The second-order valence-electron chi connectivity index (χ2n) is 8.77. The van der Waals surface area contributed by atoms with Crippen LogP contribution < -0.4 is 4.74 Å². The Hall–Kier alpha value is -1.20. The van der Waals surface area contributed by atoms with Crippen molar-refractivity contribution in [3.63, 3.8) is 0 Å². The average molecular weight is 403 g/mol. The van der Waals surface area contributed by atoms with Crippen molar-refractivity contribution in [1.29, 1.82) is 0 Å². The summed E-state index contributed by atoms with van der Waals surface area (Å²) in [7, 11) is 0. The van der Waals surface area contributed by atoms with Crippen molar-refractivity contribution in [2.24, 2.45) is 0 Å². The molecule has 0 bridgehead atoms. The van der Waals surface area contributed by atoms with E-state index in [0.29, 0.717) is 0 Å². The molecule has 0 aromatic carbocycles. The number of nitrogens with zero attached hydrogens (tertiary/aromatic N) is 4. The molecular weight excluding hydrogens is 360 g/mol. The van der Waals surface area contributed by atoms with Gasteiger partial charge in [0.2, 0.25) is 5.88 Å². The van der Waals surface area contributed by atoms with Crippen molar-refractivity contribution >= 4 is 0 Å². The standard InChI is InChI=1S/C24H42N4O/c1-3-5-7-8-13-23-24(26-22-12-10-9-11-21(22)25-23)29-20-19-28-17-15-27(16-18-28)14-6-4-2/h3-20H2,1-2H3. The van der Waals surface area contributed by atoms with Gasteiger partial charge in [0.15, 0.2) is 0 Å². The largest absolute Gasteiger partial charge is 0.475 e. The van der Waals surface area contributed by atoms with Gasteiger partial charge < -0.3 is 9.64 Å². The molecule has 0 atom stereocenters. The Bertz CT molecular complexity index is 599. The number of ether oxygens (including phenoxy) is 1. The third-order valence-electron chi connectivity index (χ3n) is 6.37. The fourth-order valence-electron chi connectivity index (χ4n) is 4.40. The first-order valence-electron chi connectivity index (χ1n) is 12.3. The van der Waals surface area contributed by atoms with Gasteiger partial charge in [-0.25, -0.2) is 4.98 Å². The number of hydrogen-bond acceptors (Lipinski definition) is 5. The van der Waals surface area contributed by atoms with E-state index in [1.165, 1.54) is 82.4 Å². The lowest BCUT2D eigenvalue weighted by molar-refractivity contribution is 0.114. The zero-order valence-corrected chi connectivity index (χ0v) is 18.9. The van der Waals surface area contributed by atoms with Gasteiger partial charge in [0.05, 0.1) is 11.4 Å². The van der Waals surface area contributed by atoms with E-state index in [4.69, 9.17) is 14.7 Å². The Morgan fingerprint density at radius 2 is 1.41 bits per heavy atom. The Kier molecular flexibility index (Phi) is 9.68. The predicted molar refractivity (Wildman–Crippen MR) is 120 cm³/mol. The molecule has 0 unspecified atom stereocenters. The fourth-order valence-corrected chi connectivity index (χ4v) is 4.40. The van der Waals surface area contributed by atoms with Gasteiger partial charge >= 0.3 is 0 Å². The molecular formula is C24H42N4O. The number of rotatable bonds is 12. The molecule has 164 valence electrons. The van der Waals surface area contributed by atoms with Crippen LogP contribution in [0.2, 0.25) is 0 Å². The summed E-state index contributed by atoms with van der Waals surface area (Å²) >= 11 is 0. The first kappa shape index (κ1) is 22.5. The Morgan fingerprint density at radius 1 is 0.759 bits per heavy atom. The quantitative estimate of drug-likeness (QED) is 0.488. The van der Waals surface area contributed by atoms with Crippen LogP contribution in [0.25, 0.3) is 0 Å². The van der Waals surface area contributed by atoms with Gasteiger partial charge in [-0.1, -0.05) is 39.5 Å². The molecule has 0 spiro atoms. The summed E-state index contributed by atoms with van der Waals surface area (Å²) in [6.07, 6.45) is 13.3. The van der Waals surface area contributed by atoms with Crippen LogP contribution in [0.4, 0.5) is 0 Å². The molecule has 0 saturated carbocycles. The maximum absolute atomic E-state index is 6.23. The van der Waals surface area contributed by atoms with Crippen molar-refractivity contribution < 1.29 is 4.74 Å². The van der Waals surface area contributed by atoms with E-state index < -0.39 is 0 Å². The highest BCUT2D eigenvalue weighted by atomic mass is 16.5. The van der Waals surface area contributed by atoms with E-state index in [9.17, 15) is 0 Å². The summed E-state index contributed by atoms with van der Waals surface area (Å²) < 4.78 is 6.23. The molecule has 0 amide bonds. The van der Waals surface area contributed by atoms with Gasteiger partial charge in [-0.15, -0.1) is 0 Å². The molecule has 0 radical (unpaired) electrons. The molecule has 3 rings (SSSR count). The minimum Gasteiger partial charge on any atom is -0.475 e. The van der Waals surface area contributed by atoms with Crippen molar-refractivity contribution in [1.82, 2.24) is 19.8 Å². The molecule has 1 aromatic rings. The number of unbranched alkanes of at least 4 members (excludes halogenated alkanes) is 4. The number of aryl methyl sites for hydroxylation is 3. The van der Waals surface area contributed by atoms with E-state index in [1.54, 1.807) is 0 Å². The summed E-state index contributed by atoms with van der Waals surface area (Å²) in [6, 6.07) is 0. The van der Waals surface area contributed by atoms with E-state index >= 15 is 0 Å². The Morgan fingerprint density at radius 3 is 2.10 bits per heavy atom. The van der Waals surface area contributed by atoms with Crippen molar-refractivity contribution in [3.05, 3.63) is 17.1 Å². The normalized spacial score (nSPS) is 18.0. The lowest BCUT2D eigenvalue weighted by atomic mass is 10.00. The lowest BCUT2D eigenvalue weighted by Gasteiger charge is -2.34. The lowest BCUT2D eigenvalue weighted by Crippen LogP contribution is -2.47. The van der Waals surface area contributed by atoms with Crippen LogP contribution in [-0.4, -0.2) is 65.6 Å². The first-order chi connectivity index (χ1) is 14.3. The predicted octanol–water partition coefficient (Wildman–Crippen LogP) is 4.27. The molecule has 29 heavy (non-hydrogen) atoms. The van der Waals surface area contributed by atoms with Gasteiger partial charge in [0.25, 0.3) is 0 Å². The molecule has 5 heteroatoms. The fraction of sp³-hybridized carbons (Fsp3) is 0.833. The van der Waals surface area contributed by atoms with Gasteiger partial charge in [-0.3, -0.25) is 9.88 Å². The van der Waals surface area contributed by atoms with E-state index in [0.717, 1.165) is 57.1 Å². The zero-order chi connectivity index (χ0) is 20.3. The highest BCUT2D eigenvalue weighted by Gasteiger charge is 2.19. The van der Waals surface area contributed by atoms with Crippen LogP contribution in [0.15, 0.2) is 0 Å².